The molecule has 0 atom stereocenters. The van der Waals surface area contributed by atoms with Crippen molar-refractivity contribution in [1.29, 1.82) is 0 Å². The second kappa shape index (κ2) is 11.7. The fourth-order valence-electron chi connectivity index (χ4n) is 8.74. The highest BCUT2D eigenvalue weighted by molar-refractivity contribution is 7.26. The first kappa shape index (κ1) is 30.5. The van der Waals surface area contributed by atoms with Gasteiger partial charge in [0.1, 0.15) is 0 Å². The summed E-state index contributed by atoms with van der Waals surface area (Å²) in [6.45, 7) is 0. The van der Waals surface area contributed by atoms with Gasteiger partial charge in [-0.2, -0.15) is 0 Å². The summed E-state index contributed by atoms with van der Waals surface area (Å²) in [5.74, 6) is 1.97. The molecule has 0 spiro atoms. The summed E-state index contributed by atoms with van der Waals surface area (Å²) in [6.07, 6.45) is 0. The van der Waals surface area contributed by atoms with Crippen LogP contribution >= 0.6 is 11.3 Å². The molecule has 9 aromatic carbocycles. The Kier molecular flexibility index (Phi) is 6.50. The molecule has 0 saturated heterocycles. The van der Waals surface area contributed by atoms with E-state index in [1.807, 2.05) is 29.5 Å². The first-order valence-electron chi connectivity index (χ1n) is 18.6. The number of benzene rings is 9. The van der Waals surface area contributed by atoms with Crippen molar-refractivity contribution in [2.45, 2.75) is 0 Å². The van der Waals surface area contributed by atoms with Crippen LogP contribution < -0.4 is 0 Å². The molecule has 55 heavy (non-hydrogen) atoms. The van der Waals surface area contributed by atoms with Gasteiger partial charge in [-0.15, -0.1) is 11.3 Å². The number of hydrogen-bond acceptors (Lipinski definition) is 4. The van der Waals surface area contributed by atoms with Crippen molar-refractivity contribution in [3.8, 4) is 67.5 Å². The molecule has 1 aliphatic rings. The fourth-order valence-corrected chi connectivity index (χ4v) is 9.90. The van der Waals surface area contributed by atoms with Crippen molar-refractivity contribution < 1.29 is 0 Å². The molecule has 0 fully saturated rings. The second-order valence-electron chi connectivity index (χ2n) is 14.3. The molecule has 0 N–H and O–H groups in total. The SMILES string of the molecule is c1ccc(-c2nc(-c3ccc4ccccc4c3)nc(-c3cccc4c(-c5cccc6sc7cc8c(cc7c56)-c5cccc6cccc-8c56)cccc34)n2)cc1. The van der Waals surface area contributed by atoms with E-state index in [4.69, 9.17) is 15.0 Å². The van der Waals surface area contributed by atoms with Gasteiger partial charge in [0.2, 0.25) is 0 Å². The normalized spacial score (nSPS) is 12.0. The average Bonchev–Trinajstić information content (AvgIpc) is 3.78. The van der Waals surface area contributed by atoms with Gasteiger partial charge in [0.15, 0.2) is 17.5 Å². The third-order valence-corrected chi connectivity index (χ3v) is 12.4. The molecule has 2 aromatic heterocycles. The molecule has 0 unspecified atom stereocenters. The van der Waals surface area contributed by atoms with Crippen molar-refractivity contribution in [1.82, 2.24) is 15.0 Å². The molecule has 4 heteroatoms. The number of rotatable bonds is 4. The van der Waals surface area contributed by atoms with Crippen LogP contribution in [0.5, 0.6) is 0 Å². The average molecular weight is 716 g/mol. The summed E-state index contributed by atoms with van der Waals surface area (Å²) in [7, 11) is 0. The van der Waals surface area contributed by atoms with Crippen LogP contribution in [0.3, 0.4) is 0 Å². The van der Waals surface area contributed by atoms with Crippen molar-refractivity contribution in [2.75, 3.05) is 0 Å². The van der Waals surface area contributed by atoms with Crippen LogP contribution in [0.15, 0.2) is 176 Å². The van der Waals surface area contributed by atoms with Crippen molar-refractivity contribution >= 4 is 63.8 Å². The van der Waals surface area contributed by atoms with Crippen molar-refractivity contribution in [2.24, 2.45) is 0 Å². The molecular weight excluding hydrogens is 687 g/mol. The Morgan fingerprint density at radius 1 is 0.291 bits per heavy atom. The van der Waals surface area contributed by atoms with E-state index in [0.29, 0.717) is 17.5 Å². The maximum Gasteiger partial charge on any atom is 0.164 e. The summed E-state index contributed by atoms with van der Waals surface area (Å²) in [5, 5.41) is 9.87. The zero-order valence-electron chi connectivity index (χ0n) is 29.5. The molecule has 12 rings (SSSR count). The van der Waals surface area contributed by atoms with Gasteiger partial charge < -0.3 is 0 Å². The van der Waals surface area contributed by atoms with E-state index in [2.05, 4.69) is 158 Å². The van der Waals surface area contributed by atoms with E-state index in [9.17, 15) is 0 Å². The van der Waals surface area contributed by atoms with Gasteiger partial charge in [-0.1, -0.05) is 152 Å². The Morgan fingerprint density at radius 3 is 1.67 bits per heavy atom. The van der Waals surface area contributed by atoms with E-state index < -0.39 is 0 Å². The van der Waals surface area contributed by atoms with Gasteiger partial charge in [-0.25, -0.2) is 15.0 Å². The van der Waals surface area contributed by atoms with E-state index in [-0.39, 0.29) is 0 Å². The number of hydrogen-bond donors (Lipinski definition) is 0. The van der Waals surface area contributed by atoms with E-state index in [1.165, 1.54) is 75.1 Å². The minimum absolute atomic E-state index is 0.654. The molecule has 0 aliphatic heterocycles. The predicted octanol–water partition coefficient (Wildman–Crippen LogP) is 14.0. The molecule has 0 amide bonds. The lowest BCUT2D eigenvalue weighted by Crippen LogP contribution is -2.00. The van der Waals surface area contributed by atoms with E-state index in [1.54, 1.807) is 0 Å². The maximum absolute atomic E-state index is 5.19. The Bertz CT molecular complexity index is 3380. The van der Waals surface area contributed by atoms with Gasteiger partial charge in [0.25, 0.3) is 0 Å². The number of aromatic nitrogens is 3. The Balaban J connectivity index is 1.06. The third kappa shape index (κ3) is 4.65. The smallest absolute Gasteiger partial charge is 0.164 e. The van der Waals surface area contributed by atoms with Crippen LogP contribution in [-0.4, -0.2) is 15.0 Å². The van der Waals surface area contributed by atoms with E-state index >= 15 is 0 Å². The highest BCUT2D eigenvalue weighted by Gasteiger charge is 2.24. The minimum Gasteiger partial charge on any atom is -0.208 e. The first-order chi connectivity index (χ1) is 27.2. The molecule has 2 heterocycles. The molecule has 0 bridgehead atoms. The summed E-state index contributed by atoms with van der Waals surface area (Å²) in [4.78, 5) is 15.4. The Morgan fingerprint density at radius 2 is 0.873 bits per heavy atom. The molecular formula is C51H29N3S. The number of thiophene rings is 1. The van der Waals surface area contributed by atoms with Crippen molar-refractivity contribution in [3.05, 3.63) is 176 Å². The maximum atomic E-state index is 5.19. The lowest BCUT2D eigenvalue weighted by Gasteiger charge is -2.13. The summed E-state index contributed by atoms with van der Waals surface area (Å²) >= 11 is 1.88. The largest absolute Gasteiger partial charge is 0.208 e. The highest BCUT2D eigenvalue weighted by atomic mass is 32.1. The van der Waals surface area contributed by atoms with Gasteiger partial charge >= 0.3 is 0 Å². The standard InChI is InChI=1S/C51H29N3S/c1-2-12-32(13-3-1)49-52-50(34-26-25-30-11-4-5-14-33(30)27-34)54-51(53-49)41-23-9-17-35-36(18-8-19-37(35)41)38-22-10-24-45-48(38)44-28-42-39-20-6-15-31-16-7-21-40(47(31)39)43(42)29-46(44)55-45/h1-29H. The zero-order chi connectivity index (χ0) is 36.0. The lowest BCUT2D eigenvalue weighted by molar-refractivity contribution is 1.08. The van der Waals surface area contributed by atoms with Gasteiger partial charge in [-0.3, -0.25) is 0 Å². The molecule has 0 saturated carbocycles. The van der Waals surface area contributed by atoms with Crippen LogP contribution in [-0.2, 0) is 0 Å². The number of fused-ring (bicyclic) bond motifs is 8. The first-order valence-corrected chi connectivity index (χ1v) is 19.4. The monoisotopic (exact) mass is 715 g/mol. The topological polar surface area (TPSA) is 38.7 Å². The van der Waals surface area contributed by atoms with Crippen LogP contribution in [0, 0.1) is 0 Å². The Hall–Kier alpha value is -7.01. The van der Waals surface area contributed by atoms with Crippen LogP contribution in [0.4, 0.5) is 0 Å². The minimum atomic E-state index is 0.654. The molecule has 1 aliphatic carbocycles. The van der Waals surface area contributed by atoms with E-state index in [0.717, 1.165) is 27.5 Å². The summed E-state index contributed by atoms with van der Waals surface area (Å²) in [6, 6.07) is 63.2. The van der Waals surface area contributed by atoms with Crippen LogP contribution in [0.2, 0.25) is 0 Å². The lowest BCUT2D eigenvalue weighted by atomic mass is 9.92. The van der Waals surface area contributed by atoms with Gasteiger partial charge in [-0.05, 0) is 90.0 Å². The summed E-state index contributed by atoms with van der Waals surface area (Å²) in [5.41, 5.74) is 10.6. The highest BCUT2D eigenvalue weighted by Crippen LogP contribution is 2.51. The van der Waals surface area contributed by atoms with Gasteiger partial charge in [0.05, 0.1) is 0 Å². The Labute approximate surface area is 320 Å². The van der Waals surface area contributed by atoms with Crippen molar-refractivity contribution in [3.63, 3.8) is 0 Å². The van der Waals surface area contributed by atoms with Crippen LogP contribution in [0.1, 0.15) is 0 Å². The van der Waals surface area contributed by atoms with Gasteiger partial charge in [0, 0.05) is 36.9 Å². The molecule has 3 nitrogen and oxygen atoms in total. The zero-order valence-corrected chi connectivity index (χ0v) is 30.3. The molecule has 254 valence electrons. The summed E-state index contributed by atoms with van der Waals surface area (Å²) < 4.78 is 2.60. The fraction of sp³-hybridized carbons (Fsp3) is 0. The molecule has 0 radical (unpaired) electrons. The number of nitrogens with zero attached hydrogens (tertiary/aromatic N) is 3. The predicted molar refractivity (Wildman–Crippen MR) is 231 cm³/mol. The quantitative estimate of drug-likeness (QED) is 0.182. The molecule has 11 aromatic rings. The van der Waals surface area contributed by atoms with Crippen LogP contribution in [0.25, 0.3) is 120 Å². The second-order valence-corrected chi connectivity index (χ2v) is 15.4. The third-order valence-electron chi connectivity index (χ3n) is 11.2.